The van der Waals surface area contributed by atoms with Crippen molar-refractivity contribution in [3.63, 3.8) is 0 Å². The Morgan fingerprint density at radius 2 is 0.872 bits per heavy atom. The van der Waals surface area contributed by atoms with Crippen LogP contribution in [-0.2, 0) is 4.79 Å². The second-order valence-electron chi connectivity index (χ2n) is 14.2. The van der Waals surface area contributed by atoms with Gasteiger partial charge in [-0.05, 0) is 51.4 Å². The first-order valence-corrected chi connectivity index (χ1v) is 20.6. The van der Waals surface area contributed by atoms with Crippen molar-refractivity contribution in [2.24, 2.45) is 0 Å². The van der Waals surface area contributed by atoms with Gasteiger partial charge in [0.05, 0.1) is 18.8 Å². The molecule has 278 valence electrons. The van der Waals surface area contributed by atoms with Crippen molar-refractivity contribution < 1.29 is 20.1 Å². The van der Waals surface area contributed by atoms with E-state index in [-0.39, 0.29) is 12.5 Å². The molecule has 0 rings (SSSR count). The van der Waals surface area contributed by atoms with E-state index in [2.05, 4.69) is 43.5 Å². The Balaban J connectivity index is 3.69. The zero-order valence-electron chi connectivity index (χ0n) is 31.4. The van der Waals surface area contributed by atoms with Gasteiger partial charge in [-0.3, -0.25) is 4.79 Å². The number of rotatable bonds is 37. The maximum absolute atomic E-state index is 12.3. The van der Waals surface area contributed by atoms with Crippen molar-refractivity contribution in [2.75, 3.05) is 6.61 Å². The van der Waals surface area contributed by atoms with E-state index in [0.717, 1.165) is 44.9 Å². The highest BCUT2D eigenvalue weighted by Crippen LogP contribution is 2.15. The van der Waals surface area contributed by atoms with Crippen molar-refractivity contribution in [3.05, 3.63) is 24.3 Å². The van der Waals surface area contributed by atoms with Crippen LogP contribution in [0.25, 0.3) is 0 Å². The molecular weight excluding hydrogens is 582 g/mol. The molecule has 0 aliphatic heterocycles. The molecule has 0 saturated heterocycles. The number of aliphatic hydroxyl groups excluding tert-OH is 3. The second-order valence-corrected chi connectivity index (χ2v) is 14.2. The minimum Gasteiger partial charge on any atom is -0.394 e. The zero-order valence-corrected chi connectivity index (χ0v) is 31.4. The van der Waals surface area contributed by atoms with E-state index in [1.165, 1.54) is 141 Å². The summed E-state index contributed by atoms with van der Waals surface area (Å²) < 4.78 is 0. The topological polar surface area (TPSA) is 89.8 Å². The molecular formula is C42H81NO4. The standard InChI is InChI=1S/C42H81NO4/c1-3-5-7-9-11-13-15-16-17-18-19-20-21-22-23-24-25-27-28-30-32-34-36-40(45)42(47)39(38-44)43-41(46)37-35-33-31-29-26-14-12-10-8-6-4-2/h23-24,28,30,39-40,42,44-45,47H,3-22,25-27,29,31-38H2,1-2H3,(H,43,46)/b24-23+,30-28+. The molecule has 4 N–H and O–H groups in total. The van der Waals surface area contributed by atoms with Gasteiger partial charge in [-0.1, -0.05) is 179 Å². The molecule has 0 spiro atoms. The molecule has 0 radical (unpaired) electrons. The lowest BCUT2D eigenvalue weighted by molar-refractivity contribution is -0.124. The van der Waals surface area contributed by atoms with Gasteiger partial charge < -0.3 is 20.6 Å². The third-order valence-corrected chi connectivity index (χ3v) is 9.54. The predicted molar refractivity (Wildman–Crippen MR) is 204 cm³/mol. The second kappa shape index (κ2) is 37.6. The fraction of sp³-hybridized carbons (Fsp3) is 0.881. The van der Waals surface area contributed by atoms with E-state index >= 15 is 0 Å². The number of hydrogen-bond donors (Lipinski definition) is 4. The Labute approximate surface area is 292 Å². The molecule has 1 amide bonds. The lowest BCUT2D eigenvalue weighted by atomic mass is 10.0. The monoisotopic (exact) mass is 664 g/mol. The Hall–Kier alpha value is -1.17. The van der Waals surface area contributed by atoms with E-state index in [1.807, 2.05) is 0 Å². The van der Waals surface area contributed by atoms with Crippen molar-refractivity contribution in [2.45, 2.75) is 231 Å². The van der Waals surface area contributed by atoms with E-state index in [0.29, 0.717) is 12.8 Å². The molecule has 3 unspecified atom stereocenters. The van der Waals surface area contributed by atoms with Gasteiger partial charge in [0.1, 0.15) is 6.10 Å². The number of nitrogens with one attached hydrogen (secondary N) is 1. The largest absolute Gasteiger partial charge is 0.394 e. The van der Waals surface area contributed by atoms with Gasteiger partial charge in [0.15, 0.2) is 0 Å². The lowest BCUT2D eigenvalue weighted by Gasteiger charge is -2.26. The van der Waals surface area contributed by atoms with Gasteiger partial charge in [0.2, 0.25) is 5.91 Å². The van der Waals surface area contributed by atoms with Crippen LogP contribution in [-0.4, -0.2) is 46.1 Å². The summed E-state index contributed by atoms with van der Waals surface area (Å²) in [5, 5.41) is 33.4. The molecule has 5 nitrogen and oxygen atoms in total. The maximum atomic E-state index is 12.3. The maximum Gasteiger partial charge on any atom is 0.220 e. The van der Waals surface area contributed by atoms with Crippen LogP contribution in [0.3, 0.4) is 0 Å². The normalized spacial score (nSPS) is 13.9. The first-order chi connectivity index (χ1) is 23.1. The summed E-state index contributed by atoms with van der Waals surface area (Å²) in [5.74, 6) is -0.160. The molecule has 3 atom stereocenters. The van der Waals surface area contributed by atoms with Crippen LogP contribution < -0.4 is 5.32 Å². The molecule has 5 heteroatoms. The van der Waals surface area contributed by atoms with Crippen LogP contribution in [0.1, 0.15) is 213 Å². The summed E-state index contributed by atoms with van der Waals surface area (Å²) in [7, 11) is 0. The van der Waals surface area contributed by atoms with E-state index in [1.54, 1.807) is 0 Å². The summed E-state index contributed by atoms with van der Waals surface area (Å²) in [5.41, 5.74) is 0. The third kappa shape index (κ3) is 33.1. The number of carbonyl (C=O) groups is 1. The summed E-state index contributed by atoms with van der Waals surface area (Å²) in [6, 6.07) is -0.827. The first-order valence-electron chi connectivity index (χ1n) is 20.6. The van der Waals surface area contributed by atoms with Crippen LogP contribution >= 0.6 is 0 Å². The minimum absolute atomic E-state index is 0.160. The fourth-order valence-corrected chi connectivity index (χ4v) is 6.30. The molecule has 0 fully saturated rings. The molecule has 0 aliphatic rings. The Morgan fingerprint density at radius 3 is 1.30 bits per heavy atom. The van der Waals surface area contributed by atoms with E-state index in [9.17, 15) is 20.1 Å². The summed E-state index contributed by atoms with van der Waals surface area (Å²) in [6.07, 6.45) is 44.3. The van der Waals surface area contributed by atoms with Crippen LogP contribution in [0.2, 0.25) is 0 Å². The number of amides is 1. The van der Waals surface area contributed by atoms with E-state index in [4.69, 9.17) is 0 Å². The minimum atomic E-state index is -1.16. The highest BCUT2D eigenvalue weighted by Gasteiger charge is 2.26. The Bertz CT molecular complexity index is 694. The van der Waals surface area contributed by atoms with Gasteiger partial charge in [-0.25, -0.2) is 0 Å². The zero-order chi connectivity index (χ0) is 34.5. The first kappa shape index (κ1) is 45.8. The number of carbonyl (C=O) groups excluding carboxylic acids is 1. The Morgan fingerprint density at radius 1 is 0.511 bits per heavy atom. The van der Waals surface area contributed by atoms with E-state index < -0.39 is 18.2 Å². The van der Waals surface area contributed by atoms with Gasteiger partial charge in [-0.2, -0.15) is 0 Å². The van der Waals surface area contributed by atoms with Crippen molar-refractivity contribution >= 4 is 5.91 Å². The average Bonchev–Trinajstić information content (AvgIpc) is 3.07. The van der Waals surface area contributed by atoms with Crippen molar-refractivity contribution in [1.29, 1.82) is 0 Å². The van der Waals surface area contributed by atoms with Crippen LogP contribution in [0, 0.1) is 0 Å². The lowest BCUT2D eigenvalue weighted by Crippen LogP contribution is -2.50. The molecule has 47 heavy (non-hydrogen) atoms. The molecule has 0 heterocycles. The highest BCUT2D eigenvalue weighted by atomic mass is 16.3. The number of hydrogen-bond acceptors (Lipinski definition) is 4. The van der Waals surface area contributed by atoms with Crippen LogP contribution in [0.4, 0.5) is 0 Å². The van der Waals surface area contributed by atoms with Gasteiger partial charge in [-0.15, -0.1) is 0 Å². The predicted octanol–water partition coefficient (Wildman–Crippen LogP) is 11.4. The number of allylic oxidation sites excluding steroid dienone is 4. The number of aliphatic hydroxyl groups is 3. The number of unbranched alkanes of at least 4 members (excludes halogenated alkanes) is 25. The van der Waals surface area contributed by atoms with Crippen LogP contribution in [0.15, 0.2) is 24.3 Å². The molecule has 0 aromatic rings. The summed E-state index contributed by atoms with van der Waals surface area (Å²) in [4.78, 5) is 12.3. The van der Waals surface area contributed by atoms with Crippen molar-refractivity contribution in [3.8, 4) is 0 Å². The fourth-order valence-electron chi connectivity index (χ4n) is 6.30. The van der Waals surface area contributed by atoms with Crippen LogP contribution in [0.5, 0.6) is 0 Å². The van der Waals surface area contributed by atoms with Gasteiger partial charge >= 0.3 is 0 Å². The van der Waals surface area contributed by atoms with Gasteiger partial charge in [0.25, 0.3) is 0 Å². The highest BCUT2D eigenvalue weighted by molar-refractivity contribution is 5.76. The smallest absolute Gasteiger partial charge is 0.220 e. The Kier molecular flexibility index (Phi) is 36.7. The summed E-state index contributed by atoms with van der Waals surface area (Å²) in [6.45, 7) is 4.15. The molecule has 0 aromatic heterocycles. The average molecular weight is 664 g/mol. The van der Waals surface area contributed by atoms with Gasteiger partial charge in [0, 0.05) is 6.42 Å². The molecule has 0 saturated carbocycles. The molecule has 0 bridgehead atoms. The quantitative estimate of drug-likeness (QED) is 0.0393. The molecule has 0 aliphatic carbocycles. The SMILES string of the molecule is CCCCCCCCCCCCCCC/C=C/CC/C=C/CCCC(O)C(O)C(CO)NC(=O)CCCCCCCCCCCCC. The summed E-state index contributed by atoms with van der Waals surface area (Å²) >= 11 is 0. The third-order valence-electron chi connectivity index (χ3n) is 9.54. The molecule has 0 aromatic carbocycles. The van der Waals surface area contributed by atoms with Crippen molar-refractivity contribution in [1.82, 2.24) is 5.32 Å².